The largest absolute Gasteiger partial charge is 0.465 e. The number of ether oxygens (including phenoxy) is 1. The van der Waals surface area contributed by atoms with E-state index in [0.717, 1.165) is 18.2 Å². The van der Waals surface area contributed by atoms with E-state index in [0.29, 0.717) is 6.92 Å². The zero-order valence-electron chi connectivity index (χ0n) is 13.4. The van der Waals surface area contributed by atoms with Gasteiger partial charge in [-0.15, -0.1) is 0 Å². The van der Waals surface area contributed by atoms with Crippen molar-refractivity contribution < 1.29 is 37.1 Å². The van der Waals surface area contributed by atoms with Gasteiger partial charge in [-0.05, 0) is 19.9 Å². The van der Waals surface area contributed by atoms with Crippen LogP contribution < -0.4 is 5.32 Å². The molecule has 0 aromatic heterocycles. The topological polar surface area (TPSA) is 114 Å². The summed E-state index contributed by atoms with van der Waals surface area (Å²) in [6.07, 6.45) is -6.84. The number of alkyl halides is 3. The SMILES string of the molecule is C[C@@]1(c2cc([N+](=O)[O-])ccc2F)CO[C@@](C)(C(F)(F)F)C(NC(=O)O)=N1. The lowest BCUT2D eigenvalue weighted by molar-refractivity contribution is -0.385. The lowest BCUT2D eigenvalue weighted by Gasteiger charge is -2.41. The molecule has 1 aliphatic rings. The summed E-state index contributed by atoms with van der Waals surface area (Å²) in [5.41, 5.74) is -5.80. The fourth-order valence-electron chi connectivity index (χ4n) is 2.38. The van der Waals surface area contributed by atoms with Crippen LogP contribution in [0.4, 0.5) is 28.0 Å². The van der Waals surface area contributed by atoms with Crippen LogP contribution in [0.15, 0.2) is 23.2 Å². The molecular weight excluding hydrogens is 366 g/mol. The highest BCUT2D eigenvalue weighted by Crippen LogP contribution is 2.42. The summed E-state index contributed by atoms with van der Waals surface area (Å²) < 4.78 is 59.0. The minimum atomic E-state index is -5.02. The number of halogens is 4. The van der Waals surface area contributed by atoms with Gasteiger partial charge in [-0.25, -0.2) is 9.18 Å². The lowest BCUT2D eigenvalue weighted by Crippen LogP contribution is -2.62. The van der Waals surface area contributed by atoms with Gasteiger partial charge in [-0.1, -0.05) is 0 Å². The molecule has 0 fully saturated rings. The number of amides is 1. The van der Waals surface area contributed by atoms with E-state index in [4.69, 9.17) is 9.84 Å². The number of carbonyl (C=O) groups is 1. The van der Waals surface area contributed by atoms with Gasteiger partial charge in [0, 0.05) is 17.7 Å². The third kappa shape index (κ3) is 3.31. The number of benzene rings is 1. The average Bonchev–Trinajstić information content (AvgIpc) is 2.49. The number of nitrogens with zero attached hydrogens (tertiary/aromatic N) is 2. The van der Waals surface area contributed by atoms with Crippen LogP contribution in [0.1, 0.15) is 19.4 Å². The summed E-state index contributed by atoms with van der Waals surface area (Å²) in [4.78, 5) is 24.6. The Bertz CT molecular complexity index is 797. The number of nitrogens with one attached hydrogen (secondary N) is 1. The summed E-state index contributed by atoms with van der Waals surface area (Å²) in [6.45, 7) is 0.964. The van der Waals surface area contributed by atoms with Gasteiger partial charge in [-0.3, -0.25) is 20.4 Å². The molecule has 1 amide bonds. The minimum Gasteiger partial charge on any atom is -0.465 e. The van der Waals surface area contributed by atoms with E-state index in [1.807, 2.05) is 0 Å². The van der Waals surface area contributed by atoms with Crippen molar-refractivity contribution in [3.05, 3.63) is 39.7 Å². The Morgan fingerprint density at radius 1 is 1.42 bits per heavy atom. The van der Waals surface area contributed by atoms with Crippen molar-refractivity contribution in [2.45, 2.75) is 31.2 Å². The van der Waals surface area contributed by atoms with E-state index in [2.05, 4.69) is 4.99 Å². The first kappa shape index (κ1) is 19.6. The van der Waals surface area contributed by atoms with Crippen molar-refractivity contribution in [1.29, 1.82) is 0 Å². The highest BCUT2D eigenvalue weighted by molar-refractivity contribution is 6.01. The number of aliphatic imine (C=N–C) groups is 1. The number of nitro groups is 1. The normalized spacial score (nSPS) is 26.2. The highest BCUT2D eigenvalue weighted by atomic mass is 19.4. The van der Waals surface area contributed by atoms with Crippen LogP contribution in [0.5, 0.6) is 0 Å². The summed E-state index contributed by atoms with van der Waals surface area (Å²) in [6, 6.07) is 2.47. The van der Waals surface area contributed by atoms with Crippen LogP contribution in [0.2, 0.25) is 0 Å². The second-order valence-electron chi connectivity index (χ2n) is 5.91. The van der Waals surface area contributed by atoms with Gasteiger partial charge < -0.3 is 9.84 Å². The van der Waals surface area contributed by atoms with Crippen LogP contribution in [0, 0.1) is 15.9 Å². The molecule has 26 heavy (non-hydrogen) atoms. The quantitative estimate of drug-likeness (QED) is 0.466. The van der Waals surface area contributed by atoms with Crippen LogP contribution >= 0.6 is 0 Å². The van der Waals surface area contributed by atoms with Gasteiger partial charge in [0.2, 0.25) is 5.60 Å². The van der Waals surface area contributed by atoms with Crippen LogP contribution in [0.3, 0.4) is 0 Å². The molecule has 0 saturated carbocycles. The van der Waals surface area contributed by atoms with E-state index < -0.39 is 57.8 Å². The van der Waals surface area contributed by atoms with E-state index in [1.54, 1.807) is 0 Å². The maximum Gasteiger partial charge on any atom is 0.424 e. The number of carboxylic acid groups (broad SMARTS) is 1. The van der Waals surface area contributed by atoms with Gasteiger partial charge >= 0.3 is 12.3 Å². The standard InChI is InChI=1S/C14H13F4N3O5/c1-12(8-5-7(21(24)25)3-4-9(8)15)6-26-13(2,14(16,17)18)10(20-12)19-11(22)23/h3-5H,6H2,1-2H3,(H,19,20)(H,22,23)/t12-,13+/m0/s1. The minimum absolute atomic E-state index is 0.402. The van der Waals surface area contributed by atoms with Gasteiger partial charge in [0.15, 0.2) is 0 Å². The van der Waals surface area contributed by atoms with E-state index in [1.165, 1.54) is 12.2 Å². The maximum atomic E-state index is 14.2. The third-order valence-electron chi connectivity index (χ3n) is 3.96. The number of non-ortho nitro benzene ring substituents is 1. The van der Waals surface area contributed by atoms with Crippen LogP contribution in [-0.4, -0.2) is 40.3 Å². The summed E-state index contributed by atoms with van der Waals surface area (Å²) in [5, 5.41) is 21.2. The second-order valence-corrected chi connectivity index (χ2v) is 5.91. The molecule has 142 valence electrons. The number of amidine groups is 1. The summed E-state index contributed by atoms with van der Waals surface area (Å²) in [7, 11) is 0. The Labute approximate surface area is 143 Å². The highest BCUT2D eigenvalue weighted by Gasteiger charge is 2.60. The number of hydrogen-bond donors (Lipinski definition) is 2. The molecule has 1 aromatic rings. The van der Waals surface area contributed by atoms with Crippen molar-refractivity contribution in [3.63, 3.8) is 0 Å². The summed E-state index contributed by atoms with van der Waals surface area (Å²) >= 11 is 0. The smallest absolute Gasteiger partial charge is 0.424 e. The van der Waals surface area contributed by atoms with Gasteiger partial charge in [-0.2, -0.15) is 13.2 Å². The lowest BCUT2D eigenvalue weighted by atomic mass is 9.89. The molecule has 0 spiro atoms. The Kier molecular flexibility index (Phi) is 4.66. The molecule has 1 aliphatic heterocycles. The monoisotopic (exact) mass is 379 g/mol. The van der Waals surface area contributed by atoms with Gasteiger partial charge in [0.25, 0.3) is 5.69 Å². The zero-order chi connectivity index (χ0) is 19.9. The molecule has 2 rings (SSSR count). The fourth-order valence-corrected chi connectivity index (χ4v) is 2.38. The Hall–Kier alpha value is -2.76. The molecule has 1 aromatic carbocycles. The molecule has 1 heterocycles. The molecular formula is C14H13F4N3O5. The van der Waals surface area contributed by atoms with Crippen molar-refractivity contribution in [2.75, 3.05) is 6.61 Å². The van der Waals surface area contributed by atoms with Crippen molar-refractivity contribution in [3.8, 4) is 0 Å². The fraction of sp³-hybridized carbons (Fsp3) is 0.429. The Morgan fingerprint density at radius 3 is 2.54 bits per heavy atom. The molecule has 12 heteroatoms. The second kappa shape index (κ2) is 6.20. The zero-order valence-corrected chi connectivity index (χ0v) is 13.4. The molecule has 8 nitrogen and oxygen atoms in total. The first-order valence-electron chi connectivity index (χ1n) is 7.05. The molecule has 0 bridgehead atoms. The van der Waals surface area contributed by atoms with Crippen LogP contribution in [0.25, 0.3) is 0 Å². The van der Waals surface area contributed by atoms with E-state index >= 15 is 0 Å². The van der Waals surface area contributed by atoms with Crippen LogP contribution in [-0.2, 0) is 10.3 Å². The molecule has 0 saturated heterocycles. The average molecular weight is 379 g/mol. The molecule has 2 atom stereocenters. The predicted molar refractivity (Wildman–Crippen MR) is 79.4 cm³/mol. The third-order valence-corrected chi connectivity index (χ3v) is 3.96. The first-order valence-corrected chi connectivity index (χ1v) is 7.05. The molecule has 0 unspecified atom stereocenters. The summed E-state index contributed by atoms with van der Waals surface area (Å²) in [5.74, 6) is -2.06. The predicted octanol–water partition coefficient (Wildman–Crippen LogP) is 2.97. The van der Waals surface area contributed by atoms with E-state index in [-0.39, 0.29) is 0 Å². The molecule has 2 N–H and O–H groups in total. The number of hydrogen-bond acceptors (Lipinski definition) is 5. The van der Waals surface area contributed by atoms with Gasteiger partial charge in [0.1, 0.15) is 17.2 Å². The van der Waals surface area contributed by atoms with E-state index in [9.17, 15) is 32.5 Å². The van der Waals surface area contributed by atoms with Gasteiger partial charge in [0.05, 0.1) is 11.5 Å². The Morgan fingerprint density at radius 2 is 2.04 bits per heavy atom. The number of rotatable bonds is 2. The van der Waals surface area contributed by atoms with Crippen molar-refractivity contribution in [1.82, 2.24) is 5.32 Å². The maximum absolute atomic E-state index is 14.2. The van der Waals surface area contributed by atoms with Crippen molar-refractivity contribution >= 4 is 17.6 Å². The first-order chi connectivity index (χ1) is 11.8. The number of nitro benzene ring substituents is 1. The molecule has 0 aliphatic carbocycles. The van der Waals surface area contributed by atoms with Crippen molar-refractivity contribution in [2.24, 2.45) is 4.99 Å². The molecule has 0 radical (unpaired) electrons. The Balaban J connectivity index is 2.63.